The van der Waals surface area contributed by atoms with Gasteiger partial charge in [0, 0.05) is 33.1 Å². The number of nitrogens with zero attached hydrogens (tertiary/aromatic N) is 3. The second-order valence-corrected chi connectivity index (χ2v) is 7.94. The van der Waals surface area contributed by atoms with Gasteiger partial charge >= 0.3 is 0 Å². The molecule has 6 nitrogen and oxygen atoms in total. The van der Waals surface area contributed by atoms with Crippen molar-refractivity contribution >= 4 is 15.9 Å². The first-order chi connectivity index (χ1) is 10.8. The summed E-state index contributed by atoms with van der Waals surface area (Å²) in [6.07, 6.45) is 1.12. The van der Waals surface area contributed by atoms with Gasteiger partial charge in [-0.3, -0.25) is 4.79 Å². The third-order valence-electron chi connectivity index (χ3n) is 4.07. The number of carbonyl (C=O) groups excluding carboxylic acids is 1. The van der Waals surface area contributed by atoms with Gasteiger partial charge in [-0.05, 0) is 30.5 Å². The number of nitriles is 1. The summed E-state index contributed by atoms with van der Waals surface area (Å²) in [4.78, 5) is 13.5. The number of benzene rings is 1. The van der Waals surface area contributed by atoms with Crippen LogP contribution in [0.15, 0.2) is 24.3 Å². The summed E-state index contributed by atoms with van der Waals surface area (Å²) >= 11 is 0. The molecule has 1 aromatic carbocycles. The Labute approximate surface area is 137 Å². The molecule has 0 aromatic heterocycles. The van der Waals surface area contributed by atoms with Crippen LogP contribution in [-0.2, 0) is 20.6 Å². The van der Waals surface area contributed by atoms with Crippen molar-refractivity contribution in [3.8, 4) is 6.07 Å². The number of sulfonamides is 1. The van der Waals surface area contributed by atoms with E-state index < -0.39 is 10.0 Å². The van der Waals surface area contributed by atoms with E-state index in [0.717, 1.165) is 0 Å². The van der Waals surface area contributed by atoms with E-state index in [9.17, 15) is 13.2 Å². The van der Waals surface area contributed by atoms with E-state index in [0.29, 0.717) is 37.1 Å². The van der Waals surface area contributed by atoms with Crippen LogP contribution in [0.25, 0.3) is 0 Å². The van der Waals surface area contributed by atoms with Crippen molar-refractivity contribution in [1.82, 2.24) is 9.21 Å². The van der Waals surface area contributed by atoms with E-state index in [1.165, 1.54) is 4.31 Å². The molecule has 1 aliphatic rings. The molecule has 1 aliphatic heterocycles. The van der Waals surface area contributed by atoms with Crippen LogP contribution >= 0.6 is 0 Å². The zero-order valence-electron chi connectivity index (χ0n) is 13.4. The summed E-state index contributed by atoms with van der Waals surface area (Å²) in [6, 6.07) is 8.58. The number of rotatable bonds is 4. The minimum absolute atomic E-state index is 0.0640. The lowest BCUT2D eigenvalue weighted by Gasteiger charge is -2.31. The maximum atomic E-state index is 12.5. The van der Waals surface area contributed by atoms with Gasteiger partial charge in [-0.1, -0.05) is 12.1 Å². The van der Waals surface area contributed by atoms with Crippen molar-refractivity contribution in [2.75, 3.05) is 27.2 Å². The van der Waals surface area contributed by atoms with E-state index >= 15 is 0 Å². The number of hydrogen-bond donors (Lipinski definition) is 0. The smallest absolute Gasteiger partial charge is 0.225 e. The number of piperidine rings is 1. The van der Waals surface area contributed by atoms with Crippen LogP contribution in [0.1, 0.15) is 24.0 Å². The van der Waals surface area contributed by atoms with Gasteiger partial charge in [0.2, 0.25) is 15.9 Å². The van der Waals surface area contributed by atoms with Gasteiger partial charge in [-0.25, -0.2) is 12.7 Å². The molecule has 1 amide bonds. The lowest BCUT2D eigenvalue weighted by molar-refractivity contribution is -0.134. The lowest BCUT2D eigenvalue weighted by Crippen LogP contribution is -2.43. The van der Waals surface area contributed by atoms with Crippen molar-refractivity contribution < 1.29 is 13.2 Å². The van der Waals surface area contributed by atoms with Gasteiger partial charge in [0.25, 0.3) is 0 Å². The second kappa shape index (κ2) is 7.11. The second-order valence-electron chi connectivity index (χ2n) is 5.97. The summed E-state index contributed by atoms with van der Waals surface area (Å²) in [5.41, 5.74) is 1.17. The SMILES string of the molecule is CN(C)C(=O)C1CCN(S(=O)(=O)Cc2ccc(C#N)cc2)CC1. The lowest BCUT2D eigenvalue weighted by atomic mass is 9.97. The Bertz CT molecular complexity index is 697. The average molecular weight is 335 g/mol. The molecule has 2 rings (SSSR count). The van der Waals surface area contributed by atoms with Gasteiger partial charge < -0.3 is 4.90 Å². The molecule has 124 valence electrons. The highest BCUT2D eigenvalue weighted by Gasteiger charge is 2.31. The van der Waals surface area contributed by atoms with E-state index in [2.05, 4.69) is 0 Å². The summed E-state index contributed by atoms with van der Waals surface area (Å²) in [6.45, 7) is 0.756. The molecule has 0 radical (unpaired) electrons. The molecular formula is C16H21N3O3S. The highest BCUT2D eigenvalue weighted by Crippen LogP contribution is 2.23. The average Bonchev–Trinajstić information content (AvgIpc) is 2.54. The van der Waals surface area contributed by atoms with E-state index in [-0.39, 0.29) is 17.6 Å². The topological polar surface area (TPSA) is 81.5 Å². The zero-order valence-corrected chi connectivity index (χ0v) is 14.2. The molecule has 1 fully saturated rings. The summed E-state index contributed by atoms with van der Waals surface area (Å²) < 4.78 is 26.4. The fourth-order valence-corrected chi connectivity index (χ4v) is 4.29. The van der Waals surface area contributed by atoms with Gasteiger partial charge in [0.1, 0.15) is 0 Å². The maximum Gasteiger partial charge on any atom is 0.225 e. The number of carbonyl (C=O) groups is 1. The van der Waals surface area contributed by atoms with Crippen LogP contribution in [-0.4, -0.2) is 50.7 Å². The Balaban J connectivity index is 1.98. The first-order valence-corrected chi connectivity index (χ1v) is 9.12. The van der Waals surface area contributed by atoms with Gasteiger partial charge in [0.15, 0.2) is 0 Å². The molecule has 0 unspecified atom stereocenters. The molecule has 0 atom stereocenters. The molecule has 0 spiro atoms. The van der Waals surface area contributed by atoms with E-state index in [1.54, 1.807) is 43.3 Å². The Morgan fingerprint density at radius 3 is 2.30 bits per heavy atom. The minimum atomic E-state index is -3.40. The summed E-state index contributed by atoms with van der Waals surface area (Å²) in [5.74, 6) is -0.106. The molecule has 1 heterocycles. The number of hydrogen-bond acceptors (Lipinski definition) is 4. The van der Waals surface area contributed by atoms with Crippen molar-refractivity contribution in [1.29, 1.82) is 5.26 Å². The van der Waals surface area contributed by atoms with Crippen molar-refractivity contribution in [3.63, 3.8) is 0 Å². The van der Waals surface area contributed by atoms with Crippen LogP contribution in [0.5, 0.6) is 0 Å². The third kappa shape index (κ3) is 4.30. The predicted molar refractivity (Wildman–Crippen MR) is 86.8 cm³/mol. The van der Waals surface area contributed by atoms with Crippen LogP contribution in [0.2, 0.25) is 0 Å². The molecule has 0 N–H and O–H groups in total. The fraction of sp³-hybridized carbons (Fsp3) is 0.500. The van der Waals surface area contributed by atoms with Gasteiger partial charge in [0.05, 0.1) is 17.4 Å². The predicted octanol–water partition coefficient (Wildman–Crippen LogP) is 1.19. The van der Waals surface area contributed by atoms with Crippen molar-refractivity contribution in [2.45, 2.75) is 18.6 Å². The quantitative estimate of drug-likeness (QED) is 0.827. The highest BCUT2D eigenvalue weighted by atomic mass is 32.2. The highest BCUT2D eigenvalue weighted by molar-refractivity contribution is 7.88. The Kier molecular flexibility index (Phi) is 5.39. The molecule has 1 aromatic rings. The van der Waals surface area contributed by atoms with Gasteiger partial charge in [-0.2, -0.15) is 5.26 Å². The molecule has 0 saturated carbocycles. The molecule has 7 heteroatoms. The van der Waals surface area contributed by atoms with E-state index in [4.69, 9.17) is 5.26 Å². The zero-order chi connectivity index (χ0) is 17.0. The summed E-state index contributed by atoms with van der Waals surface area (Å²) in [5, 5.41) is 8.77. The third-order valence-corrected chi connectivity index (χ3v) is 5.92. The summed E-state index contributed by atoms with van der Waals surface area (Å²) in [7, 11) is 0.0374. The van der Waals surface area contributed by atoms with Crippen LogP contribution in [0.3, 0.4) is 0 Å². The standard InChI is InChI=1S/C16H21N3O3S/c1-18(2)16(20)15-7-9-19(10-8-15)23(21,22)12-14-5-3-13(11-17)4-6-14/h3-6,15H,7-10,12H2,1-2H3. The number of amides is 1. The Hall–Kier alpha value is -1.91. The first-order valence-electron chi connectivity index (χ1n) is 7.51. The van der Waals surface area contributed by atoms with Crippen LogP contribution in [0.4, 0.5) is 0 Å². The largest absolute Gasteiger partial charge is 0.349 e. The molecular weight excluding hydrogens is 314 g/mol. The normalized spacial score (nSPS) is 16.7. The molecule has 0 bridgehead atoms. The Morgan fingerprint density at radius 2 is 1.83 bits per heavy atom. The van der Waals surface area contributed by atoms with Crippen LogP contribution in [0, 0.1) is 17.2 Å². The maximum absolute atomic E-state index is 12.5. The first kappa shape index (κ1) is 17.4. The Morgan fingerprint density at radius 1 is 1.26 bits per heavy atom. The molecule has 23 heavy (non-hydrogen) atoms. The van der Waals surface area contributed by atoms with Gasteiger partial charge in [-0.15, -0.1) is 0 Å². The molecule has 0 aliphatic carbocycles. The van der Waals surface area contributed by atoms with E-state index in [1.807, 2.05) is 6.07 Å². The van der Waals surface area contributed by atoms with Crippen molar-refractivity contribution in [2.24, 2.45) is 5.92 Å². The fourth-order valence-electron chi connectivity index (χ4n) is 2.72. The van der Waals surface area contributed by atoms with Crippen molar-refractivity contribution in [3.05, 3.63) is 35.4 Å². The van der Waals surface area contributed by atoms with Crippen LogP contribution < -0.4 is 0 Å². The monoisotopic (exact) mass is 335 g/mol. The molecule has 1 saturated heterocycles. The minimum Gasteiger partial charge on any atom is -0.349 e.